The molecule has 0 N–H and O–H groups in total. The van der Waals surface area contributed by atoms with Gasteiger partial charge >= 0.3 is 0 Å². The van der Waals surface area contributed by atoms with Crippen molar-refractivity contribution in [2.45, 2.75) is 18.3 Å². The molecular weight excluding hydrogens is 248 g/mol. The zero-order chi connectivity index (χ0) is 13.4. The molecule has 1 aliphatic carbocycles. The van der Waals surface area contributed by atoms with Crippen LogP contribution in [0.3, 0.4) is 0 Å². The Morgan fingerprint density at radius 2 is 1.50 bits per heavy atom. The van der Waals surface area contributed by atoms with Gasteiger partial charge in [-0.2, -0.15) is 0 Å². The quantitative estimate of drug-likeness (QED) is 0.716. The molecular formula is C17H14N2O. The molecule has 1 heterocycles. The van der Waals surface area contributed by atoms with Gasteiger partial charge in [0.1, 0.15) is 0 Å². The molecule has 1 saturated carbocycles. The lowest BCUT2D eigenvalue weighted by Gasteiger charge is -1.96. The first-order valence-electron chi connectivity index (χ1n) is 6.85. The number of aromatic nitrogens is 2. The Morgan fingerprint density at radius 1 is 0.800 bits per heavy atom. The molecule has 0 radical (unpaired) electrons. The van der Waals surface area contributed by atoms with E-state index < -0.39 is 0 Å². The number of rotatable bonds is 3. The molecule has 3 aromatic rings. The van der Waals surface area contributed by atoms with Crippen molar-refractivity contribution in [1.29, 1.82) is 0 Å². The third kappa shape index (κ3) is 2.01. The number of nitrogens with zero attached hydrogens (tertiary/aromatic N) is 2. The highest BCUT2D eigenvalue weighted by molar-refractivity contribution is 5.52. The zero-order valence-corrected chi connectivity index (χ0v) is 10.9. The third-order valence-electron chi connectivity index (χ3n) is 3.80. The van der Waals surface area contributed by atoms with E-state index in [-0.39, 0.29) is 0 Å². The van der Waals surface area contributed by atoms with E-state index in [0.29, 0.717) is 17.7 Å². The highest BCUT2D eigenvalue weighted by atomic mass is 16.4. The van der Waals surface area contributed by atoms with E-state index in [4.69, 9.17) is 4.42 Å². The van der Waals surface area contributed by atoms with Crippen molar-refractivity contribution >= 4 is 0 Å². The minimum Gasteiger partial charge on any atom is -0.420 e. The van der Waals surface area contributed by atoms with Crippen LogP contribution in [0.2, 0.25) is 0 Å². The average Bonchev–Trinajstić information content (AvgIpc) is 3.18. The van der Waals surface area contributed by atoms with Crippen LogP contribution in [0, 0.1) is 0 Å². The summed E-state index contributed by atoms with van der Waals surface area (Å²) in [7, 11) is 0. The predicted octanol–water partition coefficient (Wildman–Crippen LogP) is 4.01. The van der Waals surface area contributed by atoms with Crippen molar-refractivity contribution in [3.8, 4) is 11.5 Å². The Hall–Kier alpha value is -2.42. The Labute approximate surface area is 117 Å². The summed E-state index contributed by atoms with van der Waals surface area (Å²) in [5, 5.41) is 8.37. The smallest absolute Gasteiger partial charge is 0.247 e. The van der Waals surface area contributed by atoms with E-state index in [1.807, 2.05) is 36.4 Å². The first-order valence-corrected chi connectivity index (χ1v) is 6.85. The molecule has 0 saturated heterocycles. The van der Waals surface area contributed by atoms with Gasteiger partial charge in [-0.15, -0.1) is 10.2 Å². The van der Waals surface area contributed by atoms with E-state index in [1.165, 1.54) is 5.56 Å². The Balaban J connectivity index is 1.56. The van der Waals surface area contributed by atoms with E-state index in [2.05, 4.69) is 34.5 Å². The summed E-state index contributed by atoms with van der Waals surface area (Å²) in [6, 6.07) is 20.4. The Kier molecular flexibility index (Phi) is 2.62. The topological polar surface area (TPSA) is 38.9 Å². The normalized spacial score (nSPS) is 20.8. The SMILES string of the molecule is c1ccc(-c2nnc(C3CC3c3ccccc3)o2)cc1. The largest absolute Gasteiger partial charge is 0.420 e. The summed E-state index contributed by atoms with van der Waals surface area (Å²) < 4.78 is 5.82. The maximum absolute atomic E-state index is 5.82. The van der Waals surface area contributed by atoms with Gasteiger partial charge < -0.3 is 4.42 Å². The van der Waals surface area contributed by atoms with Crippen LogP contribution in [0.5, 0.6) is 0 Å². The van der Waals surface area contributed by atoms with Crippen LogP contribution in [0.1, 0.15) is 29.7 Å². The fourth-order valence-electron chi connectivity index (χ4n) is 2.62. The molecule has 0 amide bonds. The first kappa shape index (κ1) is 11.4. The highest BCUT2D eigenvalue weighted by Crippen LogP contribution is 2.54. The van der Waals surface area contributed by atoms with Crippen molar-refractivity contribution in [2.75, 3.05) is 0 Å². The molecule has 2 aromatic carbocycles. The van der Waals surface area contributed by atoms with Crippen molar-refractivity contribution < 1.29 is 4.42 Å². The van der Waals surface area contributed by atoms with E-state index in [9.17, 15) is 0 Å². The second-order valence-electron chi connectivity index (χ2n) is 5.17. The standard InChI is InChI=1S/C17H14N2O/c1-3-7-12(8-4-1)14-11-15(14)17-19-18-16(20-17)13-9-5-2-6-10-13/h1-10,14-15H,11H2. The van der Waals surface area contributed by atoms with Gasteiger partial charge in [0.2, 0.25) is 11.8 Å². The summed E-state index contributed by atoms with van der Waals surface area (Å²) in [6.45, 7) is 0. The minimum atomic E-state index is 0.377. The van der Waals surface area contributed by atoms with Gasteiger partial charge in [-0.25, -0.2) is 0 Å². The van der Waals surface area contributed by atoms with Crippen LogP contribution in [-0.2, 0) is 0 Å². The second-order valence-corrected chi connectivity index (χ2v) is 5.17. The lowest BCUT2D eigenvalue weighted by Crippen LogP contribution is -1.84. The minimum absolute atomic E-state index is 0.377. The van der Waals surface area contributed by atoms with Crippen LogP contribution in [0.15, 0.2) is 65.1 Å². The van der Waals surface area contributed by atoms with E-state index in [0.717, 1.165) is 17.9 Å². The fourth-order valence-corrected chi connectivity index (χ4v) is 2.62. The second kappa shape index (κ2) is 4.60. The van der Waals surface area contributed by atoms with Gasteiger partial charge in [-0.1, -0.05) is 48.5 Å². The van der Waals surface area contributed by atoms with E-state index >= 15 is 0 Å². The summed E-state index contributed by atoms with van der Waals surface area (Å²) in [6.07, 6.45) is 1.10. The number of hydrogen-bond acceptors (Lipinski definition) is 3. The highest BCUT2D eigenvalue weighted by Gasteiger charge is 2.43. The molecule has 2 atom stereocenters. The molecule has 1 aromatic heterocycles. The van der Waals surface area contributed by atoms with Crippen LogP contribution < -0.4 is 0 Å². The molecule has 98 valence electrons. The molecule has 20 heavy (non-hydrogen) atoms. The van der Waals surface area contributed by atoms with Gasteiger partial charge in [-0.3, -0.25) is 0 Å². The first-order chi connectivity index (χ1) is 9.92. The van der Waals surface area contributed by atoms with Crippen LogP contribution in [0.4, 0.5) is 0 Å². The predicted molar refractivity (Wildman–Crippen MR) is 76.3 cm³/mol. The molecule has 0 spiro atoms. The maximum atomic E-state index is 5.82. The molecule has 2 unspecified atom stereocenters. The summed E-state index contributed by atoms with van der Waals surface area (Å²) in [5.74, 6) is 2.28. The van der Waals surface area contributed by atoms with Crippen LogP contribution in [-0.4, -0.2) is 10.2 Å². The van der Waals surface area contributed by atoms with Gasteiger partial charge in [0, 0.05) is 11.5 Å². The lowest BCUT2D eigenvalue weighted by atomic mass is 10.1. The van der Waals surface area contributed by atoms with Crippen molar-refractivity contribution in [3.05, 3.63) is 72.1 Å². The molecule has 3 heteroatoms. The maximum Gasteiger partial charge on any atom is 0.247 e. The van der Waals surface area contributed by atoms with Crippen molar-refractivity contribution in [3.63, 3.8) is 0 Å². The zero-order valence-electron chi connectivity index (χ0n) is 10.9. The molecule has 1 aliphatic rings. The fraction of sp³-hybridized carbons (Fsp3) is 0.176. The lowest BCUT2D eigenvalue weighted by molar-refractivity contribution is 0.505. The average molecular weight is 262 g/mol. The Morgan fingerprint density at radius 3 is 2.25 bits per heavy atom. The monoisotopic (exact) mass is 262 g/mol. The number of hydrogen-bond donors (Lipinski definition) is 0. The van der Waals surface area contributed by atoms with Crippen molar-refractivity contribution in [2.24, 2.45) is 0 Å². The van der Waals surface area contributed by atoms with Gasteiger partial charge in [0.15, 0.2) is 0 Å². The molecule has 0 aliphatic heterocycles. The van der Waals surface area contributed by atoms with Gasteiger partial charge in [0.25, 0.3) is 0 Å². The Bertz CT molecular complexity index is 706. The van der Waals surface area contributed by atoms with Crippen LogP contribution in [0.25, 0.3) is 11.5 Å². The summed E-state index contributed by atoms with van der Waals surface area (Å²) in [4.78, 5) is 0. The summed E-state index contributed by atoms with van der Waals surface area (Å²) in [5.41, 5.74) is 2.33. The number of benzene rings is 2. The molecule has 1 fully saturated rings. The van der Waals surface area contributed by atoms with Gasteiger partial charge in [0.05, 0.1) is 0 Å². The third-order valence-corrected chi connectivity index (χ3v) is 3.80. The van der Waals surface area contributed by atoms with Crippen LogP contribution >= 0.6 is 0 Å². The van der Waals surface area contributed by atoms with E-state index in [1.54, 1.807) is 0 Å². The van der Waals surface area contributed by atoms with Gasteiger partial charge in [-0.05, 0) is 30.0 Å². The molecule has 0 bridgehead atoms. The summed E-state index contributed by atoms with van der Waals surface area (Å²) >= 11 is 0. The van der Waals surface area contributed by atoms with Crippen molar-refractivity contribution in [1.82, 2.24) is 10.2 Å². The molecule has 4 rings (SSSR count). The molecule has 3 nitrogen and oxygen atoms in total.